The average Bonchev–Trinajstić information content (AvgIpc) is 2.03. The van der Waals surface area contributed by atoms with Crippen molar-refractivity contribution >= 4 is 10.0 Å². The molecule has 0 saturated heterocycles. The number of alkyl halides is 2. The van der Waals surface area contributed by atoms with E-state index in [1.165, 1.54) is 13.8 Å². The zero-order chi connectivity index (χ0) is 11.4. The fourth-order valence-corrected chi connectivity index (χ4v) is 2.08. The molecule has 4 nitrogen and oxygen atoms in total. The third kappa shape index (κ3) is 3.20. The molecule has 0 aromatic carbocycles. The minimum absolute atomic E-state index is 0.0931. The van der Waals surface area contributed by atoms with Gasteiger partial charge in [0.2, 0.25) is 0 Å². The Bertz CT molecular complexity index is 308. The van der Waals surface area contributed by atoms with Gasteiger partial charge in [0.15, 0.2) is 0 Å². The van der Waals surface area contributed by atoms with Crippen LogP contribution in [0.5, 0.6) is 0 Å². The molecule has 0 rings (SSSR count). The van der Waals surface area contributed by atoms with Crippen LogP contribution in [-0.2, 0) is 10.0 Å². The van der Waals surface area contributed by atoms with Gasteiger partial charge in [-0.1, -0.05) is 0 Å². The molecule has 82 valence electrons. The molecule has 0 aliphatic carbocycles. The summed E-state index contributed by atoms with van der Waals surface area (Å²) in [6, 6.07) is 1.15. The van der Waals surface area contributed by atoms with E-state index in [0.717, 1.165) is 0 Å². The summed E-state index contributed by atoms with van der Waals surface area (Å²) in [5.41, 5.74) is 0. The molecule has 0 spiro atoms. The van der Waals surface area contributed by atoms with Crippen LogP contribution in [0.3, 0.4) is 0 Å². The van der Waals surface area contributed by atoms with Gasteiger partial charge in [-0.15, -0.1) is 0 Å². The molecule has 0 atom stereocenters. The standard InChI is InChI=1S/C7H12F2N2O2S/c1-6(2)11(5-3-4-10)14(12,13)7(8)9/h6-7H,3,5H2,1-2H3. The molecule has 14 heavy (non-hydrogen) atoms. The third-order valence-electron chi connectivity index (χ3n) is 1.57. The summed E-state index contributed by atoms with van der Waals surface area (Å²) in [5, 5.41) is 8.24. The molecule has 0 bridgehead atoms. The number of halogens is 2. The third-order valence-corrected chi connectivity index (χ3v) is 3.28. The Morgan fingerprint density at radius 2 is 1.93 bits per heavy atom. The van der Waals surface area contributed by atoms with Crippen molar-refractivity contribution < 1.29 is 17.2 Å². The van der Waals surface area contributed by atoms with Gasteiger partial charge in [0, 0.05) is 19.0 Å². The van der Waals surface area contributed by atoms with Crippen molar-refractivity contribution in [3.63, 3.8) is 0 Å². The molecule has 0 aromatic heterocycles. The Balaban J connectivity index is 4.76. The summed E-state index contributed by atoms with van der Waals surface area (Å²) in [6.07, 6.45) is -0.0931. The Kier molecular flexibility index (Phi) is 4.94. The van der Waals surface area contributed by atoms with Crippen molar-refractivity contribution in [2.45, 2.75) is 32.1 Å². The first-order valence-electron chi connectivity index (χ1n) is 3.99. The molecule has 0 heterocycles. The number of nitrogens with zero attached hydrogens (tertiary/aromatic N) is 2. The fourth-order valence-electron chi connectivity index (χ4n) is 0.942. The van der Waals surface area contributed by atoms with Crippen molar-refractivity contribution in [3.05, 3.63) is 0 Å². The van der Waals surface area contributed by atoms with E-state index < -0.39 is 21.8 Å². The molecule has 0 radical (unpaired) electrons. The van der Waals surface area contributed by atoms with E-state index in [-0.39, 0.29) is 13.0 Å². The Labute approximate surface area is 82.2 Å². The molecule has 7 heteroatoms. The Hall–Kier alpha value is -0.740. The summed E-state index contributed by atoms with van der Waals surface area (Å²) in [6.45, 7) is 2.77. The van der Waals surface area contributed by atoms with Crippen molar-refractivity contribution in [2.24, 2.45) is 0 Å². The zero-order valence-electron chi connectivity index (χ0n) is 7.94. The van der Waals surface area contributed by atoms with Gasteiger partial charge in [-0.3, -0.25) is 0 Å². The Morgan fingerprint density at radius 1 is 1.43 bits per heavy atom. The lowest BCUT2D eigenvalue weighted by Gasteiger charge is -2.24. The second-order valence-corrected chi connectivity index (χ2v) is 4.77. The first kappa shape index (κ1) is 13.3. The Morgan fingerprint density at radius 3 is 2.21 bits per heavy atom. The SMILES string of the molecule is CC(C)N(CCC#N)S(=O)(=O)C(F)F. The minimum atomic E-state index is -4.56. The van der Waals surface area contributed by atoms with Gasteiger partial charge < -0.3 is 0 Å². The summed E-state index contributed by atoms with van der Waals surface area (Å²) >= 11 is 0. The highest BCUT2D eigenvalue weighted by molar-refractivity contribution is 7.89. The van der Waals surface area contributed by atoms with Crippen LogP contribution in [0.25, 0.3) is 0 Å². The van der Waals surface area contributed by atoms with Crippen LogP contribution in [0.4, 0.5) is 8.78 Å². The lowest BCUT2D eigenvalue weighted by Crippen LogP contribution is -2.40. The molecule has 0 aliphatic rings. The number of hydrogen-bond acceptors (Lipinski definition) is 3. The van der Waals surface area contributed by atoms with Crippen LogP contribution in [0.1, 0.15) is 20.3 Å². The van der Waals surface area contributed by atoms with Crippen molar-refractivity contribution in [2.75, 3.05) is 6.54 Å². The maximum atomic E-state index is 12.1. The minimum Gasteiger partial charge on any atom is -0.206 e. The second-order valence-electron chi connectivity index (χ2n) is 2.92. The van der Waals surface area contributed by atoms with Crippen molar-refractivity contribution in [1.82, 2.24) is 4.31 Å². The van der Waals surface area contributed by atoms with E-state index in [9.17, 15) is 17.2 Å². The van der Waals surface area contributed by atoms with Crippen LogP contribution >= 0.6 is 0 Å². The van der Waals surface area contributed by atoms with E-state index in [4.69, 9.17) is 5.26 Å². The monoisotopic (exact) mass is 226 g/mol. The summed E-state index contributed by atoms with van der Waals surface area (Å²) in [5.74, 6) is -3.43. The number of nitriles is 1. The molecule has 0 amide bonds. The van der Waals surface area contributed by atoms with Gasteiger partial charge in [0.25, 0.3) is 10.0 Å². The lowest BCUT2D eigenvalue weighted by molar-refractivity contribution is 0.213. The van der Waals surface area contributed by atoms with Crippen molar-refractivity contribution in [1.29, 1.82) is 5.26 Å². The van der Waals surface area contributed by atoms with E-state index in [0.29, 0.717) is 4.31 Å². The molecular weight excluding hydrogens is 214 g/mol. The molecule has 0 fully saturated rings. The summed E-state index contributed by atoms with van der Waals surface area (Å²) < 4.78 is 47.0. The van der Waals surface area contributed by atoms with Crippen LogP contribution in [0.2, 0.25) is 0 Å². The van der Waals surface area contributed by atoms with Gasteiger partial charge in [0.05, 0.1) is 6.07 Å². The maximum Gasteiger partial charge on any atom is 0.350 e. The average molecular weight is 226 g/mol. The van der Waals surface area contributed by atoms with E-state index in [1.54, 1.807) is 6.07 Å². The van der Waals surface area contributed by atoms with Crippen LogP contribution in [0, 0.1) is 11.3 Å². The maximum absolute atomic E-state index is 12.1. The quantitative estimate of drug-likeness (QED) is 0.706. The largest absolute Gasteiger partial charge is 0.350 e. The molecule has 0 aromatic rings. The highest BCUT2D eigenvalue weighted by Crippen LogP contribution is 2.15. The van der Waals surface area contributed by atoms with Crippen LogP contribution in [0.15, 0.2) is 0 Å². The first-order chi connectivity index (χ1) is 6.34. The van der Waals surface area contributed by atoms with Gasteiger partial charge in [-0.2, -0.15) is 18.3 Å². The number of rotatable bonds is 5. The van der Waals surface area contributed by atoms with E-state index >= 15 is 0 Å². The highest BCUT2D eigenvalue weighted by atomic mass is 32.2. The molecular formula is C7H12F2N2O2S. The first-order valence-corrected chi connectivity index (χ1v) is 5.50. The predicted octanol–water partition coefficient (Wildman–Crippen LogP) is 1.16. The smallest absolute Gasteiger partial charge is 0.206 e. The van der Waals surface area contributed by atoms with Crippen LogP contribution in [-0.4, -0.2) is 31.1 Å². The van der Waals surface area contributed by atoms with Gasteiger partial charge in [-0.25, -0.2) is 8.42 Å². The lowest BCUT2D eigenvalue weighted by atomic mass is 10.3. The van der Waals surface area contributed by atoms with E-state index in [1.807, 2.05) is 0 Å². The van der Waals surface area contributed by atoms with Gasteiger partial charge >= 0.3 is 5.76 Å². The fraction of sp³-hybridized carbons (Fsp3) is 0.857. The summed E-state index contributed by atoms with van der Waals surface area (Å²) in [7, 11) is -4.56. The van der Waals surface area contributed by atoms with Gasteiger partial charge in [-0.05, 0) is 13.8 Å². The molecule has 0 unspecified atom stereocenters. The normalized spacial score (nSPS) is 12.4. The molecule has 0 aliphatic heterocycles. The molecule has 0 N–H and O–H groups in total. The molecule has 0 saturated carbocycles. The zero-order valence-corrected chi connectivity index (χ0v) is 8.76. The highest BCUT2D eigenvalue weighted by Gasteiger charge is 2.33. The second kappa shape index (κ2) is 5.22. The van der Waals surface area contributed by atoms with Gasteiger partial charge in [0.1, 0.15) is 0 Å². The predicted molar refractivity (Wildman–Crippen MR) is 47.0 cm³/mol. The topological polar surface area (TPSA) is 61.2 Å². The summed E-state index contributed by atoms with van der Waals surface area (Å²) in [4.78, 5) is 0. The van der Waals surface area contributed by atoms with Crippen molar-refractivity contribution in [3.8, 4) is 6.07 Å². The number of hydrogen-bond donors (Lipinski definition) is 0. The van der Waals surface area contributed by atoms with E-state index in [2.05, 4.69) is 0 Å². The van der Waals surface area contributed by atoms with Crippen LogP contribution < -0.4 is 0 Å². The number of sulfonamides is 1.